The van der Waals surface area contributed by atoms with E-state index in [-0.39, 0.29) is 30.0 Å². The molecule has 0 radical (unpaired) electrons. The number of hydrogen-bond donors (Lipinski definition) is 4. The fourth-order valence-corrected chi connectivity index (χ4v) is 12.3. The first-order valence-corrected chi connectivity index (χ1v) is 23.2. The minimum absolute atomic E-state index is 0.00156. The van der Waals surface area contributed by atoms with Crippen molar-refractivity contribution in [2.24, 2.45) is 46.3 Å². The molecule has 55 heavy (non-hydrogen) atoms. The normalized spacial score (nSPS) is 39.3. The van der Waals surface area contributed by atoms with Crippen molar-refractivity contribution in [2.45, 2.75) is 226 Å². The molecule has 8 nitrogen and oxygen atoms in total. The zero-order chi connectivity index (χ0) is 39.8. The molecule has 0 amide bonds. The molecule has 0 spiro atoms. The second kappa shape index (κ2) is 20.8. The third kappa shape index (κ3) is 11.0. The zero-order valence-corrected chi connectivity index (χ0v) is 35.8. The Morgan fingerprint density at radius 3 is 2.15 bits per heavy atom. The minimum atomic E-state index is -1.48. The SMILES string of the molecule is CCCCCCCCCCCCCC(=O)OC[C@H]1O[C@H](O[C@H]2CC[C@@]3(C)C(=C[C@H](O)[C@H]4[C@@H]5CC[C@H]([C@H](C)CCCC(C)C)[C@@]5(C)CC[C@@H]43)C2)[C@H](O)[C@H](O)[C@H]1O. The first-order chi connectivity index (χ1) is 26.3. The predicted octanol–water partition coefficient (Wildman–Crippen LogP) is 9.44. The van der Waals surface area contributed by atoms with Gasteiger partial charge < -0.3 is 34.6 Å². The Balaban J connectivity index is 1.09. The molecule has 1 heterocycles. The Hall–Kier alpha value is -1.03. The molecule has 0 aromatic heterocycles. The van der Waals surface area contributed by atoms with Gasteiger partial charge in [0.1, 0.15) is 31.0 Å². The van der Waals surface area contributed by atoms with Crippen LogP contribution >= 0.6 is 0 Å². The summed E-state index contributed by atoms with van der Waals surface area (Å²) >= 11 is 0. The molecule has 0 bridgehead atoms. The molecule has 4 aliphatic carbocycles. The number of esters is 1. The van der Waals surface area contributed by atoms with Crippen LogP contribution in [0.25, 0.3) is 0 Å². The standard InChI is InChI=1S/C47H82O8/c1-7-8-9-10-11-12-13-14-15-16-17-21-40(49)53-30-39-42(50)43(51)44(52)45(55-39)54-34-24-26-46(5)33(28-34)29-38(48)41-36-23-22-35(32(4)20-18-19-31(2)3)47(36,6)27-25-37(41)46/h29,31-32,34-39,41-45,48,50-52H,7-28,30H2,1-6H3/t32-,34+,35-,36+,37+,38+,39-,41+,42+,43-,44-,45+,46+,47-/m1/s1. The second-order valence-electron chi connectivity index (χ2n) is 19.9. The van der Waals surface area contributed by atoms with Gasteiger partial charge in [0.25, 0.3) is 0 Å². The lowest BCUT2D eigenvalue weighted by Gasteiger charge is -2.59. The highest BCUT2D eigenvalue weighted by Gasteiger charge is 2.61. The number of ether oxygens (including phenoxy) is 3. The van der Waals surface area contributed by atoms with Gasteiger partial charge >= 0.3 is 5.97 Å². The summed E-state index contributed by atoms with van der Waals surface area (Å²) < 4.78 is 17.9. The van der Waals surface area contributed by atoms with Gasteiger partial charge in [0, 0.05) is 6.42 Å². The van der Waals surface area contributed by atoms with Crippen LogP contribution < -0.4 is 0 Å². The molecule has 0 aromatic carbocycles. The van der Waals surface area contributed by atoms with Crippen LogP contribution in [0.15, 0.2) is 11.6 Å². The number of aliphatic hydroxyl groups is 4. The average Bonchev–Trinajstić information content (AvgIpc) is 3.51. The van der Waals surface area contributed by atoms with Gasteiger partial charge in [-0.2, -0.15) is 0 Å². The average molecular weight is 775 g/mol. The monoisotopic (exact) mass is 775 g/mol. The molecule has 4 N–H and O–H groups in total. The van der Waals surface area contributed by atoms with E-state index >= 15 is 0 Å². The van der Waals surface area contributed by atoms with Gasteiger partial charge in [-0.25, -0.2) is 0 Å². The fourth-order valence-electron chi connectivity index (χ4n) is 12.3. The fraction of sp³-hybridized carbons (Fsp3) is 0.936. The molecule has 1 saturated heterocycles. The van der Waals surface area contributed by atoms with Crippen molar-refractivity contribution < 1.29 is 39.4 Å². The predicted molar refractivity (Wildman–Crippen MR) is 218 cm³/mol. The van der Waals surface area contributed by atoms with Crippen molar-refractivity contribution >= 4 is 5.97 Å². The first-order valence-electron chi connectivity index (χ1n) is 23.2. The van der Waals surface area contributed by atoms with E-state index in [1.165, 1.54) is 95.5 Å². The molecule has 5 rings (SSSR count). The molecule has 5 aliphatic rings. The first kappa shape index (κ1) is 45.1. The molecular formula is C47H82O8. The van der Waals surface area contributed by atoms with Crippen LogP contribution in [0.3, 0.4) is 0 Å². The van der Waals surface area contributed by atoms with E-state index in [0.717, 1.165) is 56.3 Å². The maximum Gasteiger partial charge on any atom is 0.305 e. The molecule has 4 fully saturated rings. The van der Waals surface area contributed by atoms with E-state index in [4.69, 9.17) is 14.2 Å². The Morgan fingerprint density at radius 1 is 0.800 bits per heavy atom. The van der Waals surface area contributed by atoms with Crippen LogP contribution in [0, 0.1) is 46.3 Å². The lowest BCUT2D eigenvalue weighted by Crippen LogP contribution is -2.60. The number of fused-ring (bicyclic) bond motifs is 5. The zero-order valence-electron chi connectivity index (χ0n) is 35.8. The van der Waals surface area contributed by atoms with Gasteiger partial charge in [-0.15, -0.1) is 0 Å². The quantitative estimate of drug-likeness (QED) is 0.0517. The Labute approximate surface area is 334 Å². The number of hydrogen-bond acceptors (Lipinski definition) is 8. The highest BCUT2D eigenvalue weighted by Crippen LogP contribution is 2.67. The van der Waals surface area contributed by atoms with E-state index in [1.807, 2.05) is 0 Å². The van der Waals surface area contributed by atoms with Crippen molar-refractivity contribution in [2.75, 3.05) is 6.61 Å². The van der Waals surface area contributed by atoms with E-state index in [0.29, 0.717) is 30.1 Å². The van der Waals surface area contributed by atoms with E-state index in [9.17, 15) is 25.2 Å². The molecule has 0 unspecified atom stereocenters. The molecule has 3 saturated carbocycles. The lowest BCUT2D eigenvalue weighted by atomic mass is 9.46. The maximum atomic E-state index is 12.5. The van der Waals surface area contributed by atoms with Crippen molar-refractivity contribution in [3.63, 3.8) is 0 Å². The summed E-state index contributed by atoms with van der Waals surface area (Å²) in [6, 6.07) is 0. The van der Waals surface area contributed by atoms with Gasteiger partial charge in [0.2, 0.25) is 0 Å². The largest absolute Gasteiger partial charge is 0.463 e. The summed E-state index contributed by atoms with van der Waals surface area (Å²) in [5, 5.41) is 44.2. The number of unbranched alkanes of at least 4 members (excludes halogenated alkanes) is 10. The summed E-state index contributed by atoms with van der Waals surface area (Å²) in [6.07, 6.45) is 19.7. The summed E-state index contributed by atoms with van der Waals surface area (Å²) in [5.41, 5.74) is 1.54. The molecular weight excluding hydrogens is 693 g/mol. The van der Waals surface area contributed by atoms with Crippen LogP contribution in [0.5, 0.6) is 0 Å². The van der Waals surface area contributed by atoms with Gasteiger partial charge in [-0.05, 0) is 97.7 Å². The Morgan fingerprint density at radius 2 is 1.47 bits per heavy atom. The molecule has 8 heteroatoms. The van der Waals surface area contributed by atoms with Gasteiger partial charge in [0.15, 0.2) is 6.29 Å². The topological polar surface area (TPSA) is 126 Å². The molecule has 318 valence electrons. The number of aliphatic hydroxyl groups excluding tert-OH is 4. The number of rotatable bonds is 21. The highest BCUT2D eigenvalue weighted by atomic mass is 16.7. The third-order valence-electron chi connectivity index (χ3n) is 15.7. The van der Waals surface area contributed by atoms with Crippen molar-refractivity contribution in [3.05, 3.63) is 11.6 Å². The number of carbonyl (C=O) groups excluding carboxylic acids is 1. The molecule has 0 aromatic rings. The van der Waals surface area contributed by atoms with Gasteiger partial charge in [0.05, 0.1) is 12.2 Å². The van der Waals surface area contributed by atoms with E-state index in [1.54, 1.807) is 0 Å². The minimum Gasteiger partial charge on any atom is -0.463 e. The molecule has 1 aliphatic heterocycles. The Bertz CT molecular complexity index is 1210. The summed E-state index contributed by atoms with van der Waals surface area (Å²) in [5.74, 6) is 3.15. The Kier molecular flexibility index (Phi) is 17.0. The van der Waals surface area contributed by atoms with Crippen LogP contribution in [0.2, 0.25) is 0 Å². The highest BCUT2D eigenvalue weighted by molar-refractivity contribution is 5.69. The van der Waals surface area contributed by atoms with E-state index < -0.39 is 36.8 Å². The lowest BCUT2D eigenvalue weighted by molar-refractivity contribution is -0.313. The van der Waals surface area contributed by atoms with Crippen LogP contribution in [0.4, 0.5) is 0 Å². The van der Waals surface area contributed by atoms with Crippen LogP contribution in [-0.4, -0.2) is 75.9 Å². The number of carbonyl (C=O) groups is 1. The summed E-state index contributed by atoms with van der Waals surface area (Å²) in [4.78, 5) is 12.5. The van der Waals surface area contributed by atoms with Crippen molar-refractivity contribution in [1.82, 2.24) is 0 Å². The van der Waals surface area contributed by atoms with Crippen molar-refractivity contribution in [3.8, 4) is 0 Å². The smallest absolute Gasteiger partial charge is 0.305 e. The van der Waals surface area contributed by atoms with Crippen LogP contribution in [-0.2, 0) is 19.0 Å². The van der Waals surface area contributed by atoms with Crippen LogP contribution in [0.1, 0.15) is 183 Å². The summed E-state index contributed by atoms with van der Waals surface area (Å²) in [7, 11) is 0. The molecule has 14 atom stereocenters. The van der Waals surface area contributed by atoms with E-state index in [2.05, 4.69) is 47.6 Å². The van der Waals surface area contributed by atoms with Gasteiger partial charge in [-0.1, -0.05) is 137 Å². The maximum absolute atomic E-state index is 12.5. The summed E-state index contributed by atoms with van der Waals surface area (Å²) in [6.45, 7) is 14.1. The van der Waals surface area contributed by atoms with Gasteiger partial charge in [-0.3, -0.25) is 4.79 Å². The third-order valence-corrected chi connectivity index (χ3v) is 15.7. The second-order valence-corrected chi connectivity index (χ2v) is 19.9. The van der Waals surface area contributed by atoms with Crippen molar-refractivity contribution in [1.29, 1.82) is 0 Å².